The summed E-state index contributed by atoms with van der Waals surface area (Å²) in [6.07, 6.45) is 3.37. The number of fused-ring (bicyclic) bond motifs is 1. The summed E-state index contributed by atoms with van der Waals surface area (Å²) in [4.78, 5) is 0. The van der Waals surface area contributed by atoms with Crippen LogP contribution in [0.4, 0.5) is 0 Å². The van der Waals surface area contributed by atoms with Crippen molar-refractivity contribution in [2.24, 2.45) is 11.8 Å². The molecule has 1 atom stereocenters. The number of benzene rings is 1. The van der Waals surface area contributed by atoms with Crippen LogP contribution in [0.15, 0.2) is 18.2 Å². The minimum absolute atomic E-state index is 0.231. The lowest BCUT2D eigenvalue weighted by Crippen LogP contribution is -2.31. The zero-order valence-electron chi connectivity index (χ0n) is 11.2. The highest BCUT2D eigenvalue weighted by molar-refractivity contribution is 5.34. The van der Waals surface area contributed by atoms with Gasteiger partial charge in [0, 0.05) is 19.3 Å². The van der Waals surface area contributed by atoms with Crippen LogP contribution in [0.25, 0.3) is 0 Å². The van der Waals surface area contributed by atoms with Crippen molar-refractivity contribution in [2.75, 3.05) is 13.2 Å². The van der Waals surface area contributed by atoms with Crippen LogP contribution in [0.1, 0.15) is 42.0 Å². The Hall–Kier alpha value is -0.940. The van der Waals surface area contributed by atoms with E-state index in [1.807, 2.05) is 0 Å². The summed E-state index contributed by atoms with van der Waals surface area (Å²) in [6.45, 7) is 3.26. The fourth-order valence-corrected chi connectivity index (χ4v) is 3.02. The fraction of sp³-hybridized carbons (Fsp3) is 0.600. The van der Waals surface area contributed by atoms with Crippen molar-refractivity contribution in [3.05, 3.63) is 34.9 Å². The van der Waals surface area contributed by atoms with Crippen molar-refractivity contribution in [3.8, 4) is 0 Å². The van der Waals surface area contributed by atoms with E-state index in [0.29, 0.717) is 5.92 Å². The van der Waals surface area contributed by atoms with E-state index in [9.17, 15) is 0 Å². The first-order valence-electron chi connectivity index (χ1n) is 7.10. The van der Waals surface area contributed by atoms with Crippen LogP contribution in [0.2, 0.25) is 0 Å². The molecule has 2 heterocycles. The molecule has 0 bridgehead atoms. The predicted octanol–water partition coefficient (Wildman–Crippen LogP) is 2.04. The Balaban J connectivity index is 1.70. The maximum absolute atomic E-state index is 5.75. The van der Waals surface area contributed by atoms with E-state index in [1.165, 1.54) is 16.7 Å². The number of nitrogens with one attached hydrogen (secondary N) is 1. The van der Waals surface area contributed by atoms with Gasteiger partial charge in [-0.05, 0) is 41.9 Å². The molecular formula is C15H22N2O2. The first kappa shape index (κ1) is 13.1. The Morgan fingerprint density at radius 1 is 1.16 bits per heavy atom. The molecule has 1 aromatic rings. The Bertz CT molecular complexity index is 430. The molecule has 0 saturated carbocycles. The number of rotatable bonds is 4. The Morgan fingerprint density at radius 2 is 1.95 bits per heavy atom. The smallest absolute Gasteiger partial charge is 0.0725 e. The van der Waals surface area contributed by atoms with Crippen LogP contribution in [0.3, 0.4) is 0 Å². The lowest BCUT2D eigenvalue weighted by atomic mass is 9.89. The maximum atomic E-state index is 5.75. The third-order valence-corrected chi connectivity index (χ3v) is 4.26. The SMILES string of the molecule is NNC(CC1CCOCC1)c1ccc2c(c1)COC2. The zero-order valence-corrected chi connectivity index (χ0v) is 11.2. The summed E-state index contributed by atoms with van der Waals surface area (Å²) >= 11 is 0. The number of hydrogen-bond acceptors (Lipinski definition) is 4. The standard InChI is InChI=1S/C15H22N2O2/c16-17-15(7-11-3-5-18-6-4-11)12-1-2-13-9-19-10-14(13)8-12/h1-2,8,11,15,17H,3-7,9-10,16H2. The molecule has 0 spiro atoms. The van der Waals surface area contributed by atoms with E-state index in [2.05, 4.69) is 23.6 Å². The van der Waals surface area contributed by atoms with E-state index >= 15 is 0 Å². The average Bonchev–Trinajstić information content (AvgIpc) is 2.93. The first-order valence-corrected chi connectivity index (χ1v) is 7.10. The van der Waals surface area contributed by atoms with Crippen LogP contribution in [0.5, 0.6) is 0 Å². The summed E-state index contributed by atoms with van der Waals surface area (Å²) in [5.74, 6) is 6.46. The van der Waals surface area contributed by atoms with Gasteiger partial charge in [-0.25, -0.2) is 0 Å². The Kier molecular flexibility index (Phi) is 4.13. The van der Waals surface area contributed by atoms with E-state index in [0.717, 1.165) is 45.7 Å². The van der Waals surface area contributed by atoms with Gasteiger partial charge in [0.2, 0.25) is 0 Å². The minimum atomic E-state index is 0.231. The third-order valence-electron chi connectivity index (χ3n) is 4.26. The Morgan fingerprint density at radius 3 is 2.74 bits per heavy atom. The van der Waals surface area contributed by atoms with Crippen LogP contribution in [-0.4, -0.2) is 13.2 Å². The molecule has 0 amide bonds. The van der Waals surface area contributed by atoms with Crippen molar-refractivity contribution in [1.82, 2.24) is 5.43 Å². The molecule has 1 unspecified atom stereocenters. The molecule has 1 saturated heterocycles. The van der Waals surface area contributed by atoms with Crippen LogP contribution in [0, 0.1) is 5.92 Å². The molecule has 2 aliphatic heterocycles. The highest BCUT2D eigenvalue weighted by atomic mass is 16.5. The van der Waals surface area contributed by atoms with Gasteiger partial charge in [0.1, 0.15) is 0 Å². The van der Waals surface area contributed by atoms with Gasteiger partial charge in [-0.2, -0.15) is 0 Å². The van der Waals surface area contributed by atoms with Gasteiger partial charge in [0.25, 0.3) is 0 Å². The molecule has 3 rings (SSSR count). The van der Waals surface area contributed by atoms with E-state index in [4.69, 9.17) is 15.3 Å². The highest BCUT2D eigenvalue weighted by Gasteiger charge is 2.21. The minimum Gasteiger partial charge on any atom is -0.381 e. The predicted molar refractivity (Wildman–Crippen MR) is 73.2 cm³/mol. The summed E-state index contributed by atoms with van der Waals surface area (Å²) in [5, 5.41) is 0. The van der Waals surface area contributed by atoms with Crippen molar-refractivity contribution < 1.29 is 9.47 Å². The van der Waals surface area contributed by atoms with Gasteiger partial charge in [-0.3, -0.25) is 11.3 Å². The van der Waals surface area contributed by atoms with Gasteiger partial charge in [-0.15, -0.1) is 0 Å². The molecule has 3 N–H and O–H groups in total. The summed E-state index contributed by atoms with van der Waals surface area (Å²) in [7, 11) is 0. The van der Waals surface area contributed by atoms with Crippen molar-refractivity contribution >= 4 is 0 Å². The number of ether oxygens (including phenoxy) is 2. The second-order valence-electron chi connectivity index (χ2n) is 5.53. The molecule has 4 heteroatoms. The second-order valence-corrected chi connectivity index (χ2v) is 5.53. The van der Waals surface area contributed by atoms with E-state index in [-0.39, 0.29) is 6.04 Å². The van der Waals surface area contributed by atoms with E-state index in [1.54, 1.807) is 0 Å². The third kappa shape index (κ3) is 2.98. The van der Waals surface area contributed by atoms with Gasteiger partial charge in [0.05, 0.1) is 13.2 Å². The zero-order chi connectivity index (χ0) is 13.1. The van der Waals surface area contributed by atoms with Gasteiger partial charge < -0.3 is 9.47 Å². The Labute approximate surface area is 114 Å². The molecule has 1 aromatic carbocycles. The fourth-order valence-electron chi connectivity index (χ4n) is 3.02. The first-order chi connectivity index (χ1) is 9.36. The largest absolute Gasteiger partial charge is 0.381 e. The highest BCUT2D eigenvalue weighted by Crippen LogP contribution is 2.29. The van der Waals surface area contributed by atoms with Crippen LogP contribution in [-0.2, 0) is 22.7 Å². The quantitative estimate of drug-likeness (QED) is 0.644. The van der Waals surface area contributed by atoms with Crippen molar-refractivity contribution in [3.63, 3.8) is 0 Å². The monoisotopic (exact) mass is 262 g/mol. The molecule has 4 nitrogen and oxygen atoms in total. The average molecular weight is 262 g/mol. The number of hydrazine groups is 1. The molecule has 0 radical (unpaired) electrons. The summed E-state index contributed by atoms with van der Waals surface area (Å²) in [6, 6.07) is 6.82. The second kappa shape index (κ2) is 6.01. The van der Waals surface area contributed by atoms with Gasteiger partial charge >= 0.3 is 0 Å². The van der Waals surface area contributed by atoms with Crippen molar-refractivity contribution in [1.29, 1.82) is 0 Å². The van der Waals surface area contributed by atoms with Gasteiger partial charge in [-0.1, -0.05) is 18.2 Å². The van der Waals surface area contributed by atoms with Crippen molar-refractivity contribution in [2.45, 2.75) is 38.5 Å². The topological polar surface area (TPSA) is 56.5 Å². The lowest BCUT2D eigenvalue weighted by Gasteiger charge is -2.26. The molecule has 0 aromatic heterocycles. The van der Waals surface area contributed by atoms with E-state index < -0.39 is 0 Å². The maximum Gasteiger partial charge on any atom is 0.0725 e. The molecule has 0 aliphatic carbocycles. The summed E-state index contributed by atoms with van der Waals surface area (Å²) in [5.41, 5.74) is 6.87. The van der Waals surface area contributed by atoms with Crippen LogP contribution < -0.4 is 11.3 Å². The number of nitrogens with two attached hydrogens (primary N) is 1. The molecule has 104 valence electrons. The summed E-state index contributed by atoms with van der Waals surface area (Å²) < 4.78 is 10.9. The normalized spacial score (nSPS) is 21.3. The van der Waals surface area contributed by atoms with Gasteiger partial charge in [0.15, 0.2) is 0 Å². The molecule has 19 heavy (non-hydrogen) atoms. The molecule has 2 aliphatic rings. The molecule has 1 fully saturated rings. The molecular weight excluding hydrogens is 240 g/mol. The lowest BCUT2D eigenvalue weighted by molar-refractivity contribution is 0.0605. The number of hydrogen-bond donors (Lipinski definition) is 2. The van der Waals surface area contributed by atoms with Crippen LogP contribution >= 0.6 is 0 Å².